The SMILES string of the molecule is NC1(c2ccc(C3CCOC3)cc2)CCC1. The smallest absolute Gasteiger partial charge is 0.0535 e. The first-order chi connectivity index (χ1) is 7.78. The lowest BCUT2D eigenvalue weighted by molar-refractivity contribution is 0.194. The second kappa shape index (κ2) is 3.86. The molecule has 1 unspecified atom stereocenters. The summed E-state index contributed by atoms with van der Waals surface area (Å²) in [7, 11) is 0. The Balaban J connectivity index is 1.79. The highest BCUT2D eigenvalue weighted by atomic mass is 16.5. The summed E-state index contributed by atoms with van der Waals surface area (Å²) in [6, 6.07) is 8.91. The standard InChI is InChI=1S/C14H19NO/c15-14(7-1-8-14)13-4-2-11(3-5-13)12-6-9-16-10-12/h2-5,12H,1,6-10,15H2. The van der Waals surface area contributed by atoms with Gasteiger partial charge in [0.2, 0.25) is 0 Å². The van der Waals surface area contributed by atoms with Gasteiger partial charge in [-0.2, -0.15) is 0 Å². The summed E-state index contributed by atoms with van der Waals surface area (Å²) in [5.74, 6) is 0.601. The molecule has 3 rings (SSSR count). The molecule has 1 aliphatic carbocycles. The van der Waals surface area contributed by atoms with Crippen molar-refractivity contribution in [3.8, 4) is 0 Å². The van der Waals surface area contributed by atoms with Crippen LogP contribution in [-0.4, -0.2) is 13.2 Å². The highest BCUT2D eigenvalue weighted by Crippen LogP contribution is 2.39. The van der Waals surface area contributed by atoms with E-state index < -0.39 is 0 Å². The van der Waals surface area contributed by atoms with E-state index in [2.05, 4.69) is 24.3 Å². The summed E-state index contributed by atoms with van der Waals surface area (Å²) in [5, 5.41) is 0. The molecule has 1 aromatic carbocycles. The molecule has 2 N–H and O–H groups in total. The monoisotopic (exact) mass is 217 g/mol. The first-order valence-electron chi connectivity index (χ1n) is 6.25. The quantitative estimate of drug-likeness (QED) is 0.826. The number of benzene rings is 1. The Morgan fingerprint density at radius 1 is 1.19 bits per heavy atom. The molecule has 0 radical (unpaired) electrons. The van der Waals surface area contributed by atoms with Crippen molar-refractivity contribution in [2.45, 2.75) is 37.1 Å². The minimum Gasteiger partial charge on any atom is -0.381 e. The van der Waals surface area contributed by atoms with Crippen molar-refractivity contribution in [1.29, 1.82) is 0 Å². The Morgan fingerprint density at radius 2 is 1.94 bits per heavy atom. The third kappa shape index (κ3) is 1.66. The minimum atomic E-state index is -0.0231. The molecule has 2 fully saturated rings. The number of hydrogen-bond donors (Lipinski definition) is 1. The molecule has 2 nitrogen and oxygen atoms in total. The summed E-state index contributed by atoms with van der Waals surface area (Å²) in [4.78, 5) is 0. The molecule has 2 heteroatoms. The lowest BCUT2D eigenvalue weighted by Crippen LogP contribution is -2.43. The Kier molecular flexibility index (Phi) is 2.49. The van der Waals surface area contributed by atoms with Crippen molar-refractivity contribution in [2.24, 2.45) is 5.73 Å². The predicted octanol–water partition coefficient (Wildman–Crippen LogP) is 2.53. The van der Waals surface area contributed by atoms with E-state index in [0.717, 1.165) is 32.5 Å². The third-order valence-electron chi connectivity index (χ3n) is 4.13. The van der Waals surface area contributed by atoms with E-state index in [-0.39, 0.29) is 5.54 Å². The Hall–Kier alpha value is -0.860. The predicted molar refractivity (Wildman–Crippen MR) is 64.3 cm³/mol. The van der Waals surface area contributed by atoms with E-state index in [1.165, 1.54) is 17.5 Å². The molecular weight excluding hydrogens is 198 g/mol. The lowest BCUT2D eigenvalue weighted by atomic mass is 9.72. The molecule has 16 heavy (non-hydrogen) atoms. The summed E-state index contributed by atoms with van der Waals surface area (Å²) in [5.41, 5.74) is 8.99. The highest BCUT2D eigenvalue weighted by molar-refractivity contribution is 5.31. The van der Waals surface area contributed by atoms with Crippen molar-refractivity contribution >= 4 is 0 Å². The van der Waals surface area contributed by atoms with Crippen LogP contribution in [0.5, 0.6) is 0 Å². The summed E-state index contributed by atoms with van der Waals surface area (Å²) < 4.78 is 5.42. The van der Waals surface area contributed by atoms with Gasteiger partial charge in [-0.1, -0.05) is 24.3 Å². The third-order valence-corrected chi connectivity index (χ3v) is 4.13. The van der Waals surface area contributed by atoms with Gasteiger partial charge in [-0.15, -0.1) is 0 Å². The van der Waals surface area contributed by atoms with Gasteiger partial charge >= 0.3 is 0 Å². The van der Waals surface area contributed by atoms with Gasteiger partial charge in [-0.05, 0) is 36.8 Å². The van der Waals surface area contributed by atoms with Crippen LogP contribution in [0.2, 0.25) is 0 Å². The maximum Gasteiger partial charge on any atom is 0.0535 e. The molecule has 1 atom stereocenters. The fourth-order valence-corrected chi connectivity index (χ4v) is 2.73. The average molecular weight is 217 g/mol. The number of nitrogens with two attached hydrogens (primary N) is 1. The number of hydrogen-bond acceptors (Lipinski definition) is 2. The van der Waals surface area contributed by atoms with Crippen LogP contribution in [0, 0.1) is 0 Å². The van der Waals surface area contributed by atoms with Crippen LogP contribution in [-0.2, 0) is 10.3 Å². The molecule has 1 aliphatic heterocycles. The molecular formula is C14H19NO. The van der Waals surface area contributed by atoms with E-state index in [1.807, 2.05) is 0 Å². The topological polar surface area (TPSA) is 35.2 Å². The van der Waals surface area contributed by atoms with Crippen LogP contribution in [0.3, 0.4) is 0 Å². The van der Waals surface area contributed by atoms with Crippen LogP contribution >= 0.6 is 0 Å². The molecule has 0 bridgehead atoms. The maximum absolute atomic E-state index is 6.30. The molecule has 2 aliphatic rings. The Morgan fingerprint density at radius 3 is 2.44 bits per heavy atom. The van der Waals surface area contributed by atoms with Gasteiger partial charge in [0.25, 0.3) is 0 Å². The first-order valence-corrected chi connectivity index (χ1v) is 6.25. The number of rotatable bonds is 2. The summed E-state index contributed by atoms with van der Waals surface area (Å²) in [6.45, 7) is 1.79. The van der Waals surface area contributed by atoms with Crippen molar-refractivity contribution in [3.63, 3.8) is 0 Å². The Bertz CT molecular complexity index is 361. The van der Waals surface area contributed by atoms with Crippen molar-refractivity contribution in [3.05, 3.63) is 35.4 Å². The normalized spacial score (nSPS) is 27.7. The van der Waals surface area contributed by atoms with Crippen LogP contribution in [0.4, 0.5) is 0 Å². The van der Waals surface area contributed by atoms with Crippen LogP contribution in [0.25, 0.3) is 0 Å². The van der Waals surface area contributed by atoms with E-state index in [4.69, 9.17) is 10.5 Å². The van der Waals surface area contributed by atoms with Gasteiger partial charge in [0.15, 0.2) is 0 Å². The average Bonchev–Trinajstić information content (AvgIpc) is 2.80. The molecule has 1 saturated heterocycles. The fourth-order valence-electron chi connectivity index (χ4n) is 2.73. The summed E-state index contributed by atoms with van der Waals surface area (Å²) in [6.07, 6.45) is 4.71. The zero-order valence-electron chi connectivity index (χ0n) is 9.61. The Labute approximate surface area is 96.8 Å². The van der Waals surface area contributed by atoms with Crippen molar-refractivity contribution in [1.82, 2.24) is 0 Å². The second-order valence-electron chi connectivity index (χ2n) is 5.19. The lowest BCUT2D eigenvalue weighted by Gasteiger charge is -2.38. The fraction of sp³-hybridized carbons (Fsp3) is 0.571. The maximum atomic E-state index is 6.30. The molecule has 86 valence electrons. The molecule has 1 heterocycles. The van der Waals surface area contributed by atoms with Gasteiger partial charge in [0.05, 0.1) is 6.61 Å². The summed E-state index contributed by atoms with van der Waals surface area (Å²) >= 11 is 0. The molecule has 1 saturated carbocycles. The highest BCUT2D eigenvalue weighted by Gasteiger charge is 2.34. The van der Waals surface area contributed by atoms with E-state index >= 15 is 0 Å². The van der Waals surface area contributed by atoms with E-state index in [9.17, 15) is 0 Å². The van der Waals surface area contributed by atoms with Gasteiger partial charge < -0.3 is 10.5 Å². The van der Waals surface area contributed by atoms with Crippen LogP contribution in [0.15, 0.2) is 24.3 Å². The first kappa shape index (κ1) is 10.3. The van der Waals surface area contributed by atoms with Gasteiger partial charge in [0, 0.05) is 18.1 Å². The van der Waals surface area contributed by atoms with Crippen molar-refractivity contribution < 1.29 is 4.74 Å². The van der Waals surface area contributed by atoms with Crippen LogP contribution < -0.4 is 5.73 Å². The number of ether oxygens (including phenoxy) is 1. The molecule has 1 aromatic rings. The van der Waals surface area contributed by atoms with Crippen LogP contribution in [0.1, 0.15) is 42.7 Å². The van der Waals surface area contributed by atoms with Gasteiger partial charge in [-0.3, -0.25) is 0 Å². The zero-order chi connectivity index (χ0) is 11.0. The van der Waals surface area contributed by atoms with E-state index in [1.54, 1.807) is 0 Å². The van der Waals surface area contributed by atoms with Crippen molar-refractivity contribution in [2.75, 3.05) is 13.2 Å². The molecule has 0 spiro atoms. The zero-order valence-corrected chi connectivity index (χ0v) is 9.61. The second-order valence-corrected chi connectivity index (χ2v) is 5.19. The molecule has 0 amide bonds. The minimum absolute atomic E-state index is 0.0231. The molecule has 0 aromatic heterocycles. The van der Waals surface area contributed by atoms with E-state index in [0.29, 0.717) is 5.92 Å². The largest absolute Gasteiger partial charge is 0.381 e. The van der Waals surface area contributed by atoms with Gasteiger partial charge in [-0.25, -0.2) is 0 Å². The van der Waals surface area contributed by atoms with Gasteiger partial charge in [0.1, 0.15) is 0 Å².